The number of hydrogen-bond donors (Lipinski definition) is 2. The van der Waals surface area contributed by atoms with Crippen molar-refractivity contribution in [2.45, 2.75) is 64.5 Å². The van der Waals surface area contributed by atoms with Crippen molar-refractivity contribution in [3.8, 4) is 0 Å². The number of nitrogens with one attached hydrogen (secondary N) is 1. The third kappa shape index (κ3) is 7.51. The first kappa shape index (κ1) is 15.2. The van der Waals surface area contributed by atoms with Crippen molar-refractivity contribution in [1.82, 2.24) is 5.32 Å². The Morgan fingerprint density at radius 2 is 1.69 bits per heavy atom. The minimum absolute atomic E-state index is 0.274. The number of carbonyl (C=O) groups is 1. The Kier molecular flexibility index (Phi) is 7.13. The van der Waals surface area contributed by atoms with Gasteiger partial charge in [-0.3, -0.25) is 0 Å². The molecular weight excluding hydrogens is 204 g/mol. The Morgan fingerprint density at radius 1 is 1.19 bits per heavy atom. The zero-order valence-corrected chi connectivity index (χ0v) is 11.0. The van der Waals surface area contributed by atoms with Gasteiger partial charge in [0.1, 0.15) is 5.60 Å². The Hall–Kier alpha value is -0.770. The number of ether oxygens (including phenoxy) is 1. The predicted octanol–water partition coefficient (Wildman–Crippen LogP) is 2.42. The van der Waals surface area contributed by atoms with Crippen LogP contribution in [-0.4, -0.2) is 24.8 Å². The van der Waals surface area contributed by atoms with E-state index in [0.717, 1.165) is 12.8 Å². The van der Waals surface area contributed by atoms with Crippen molar-refractivity contribution in [3.63, 3.8) is 0 Å². The van der Waals surface area contributed by atoms with Gasteiger partial charge in [0, 0.05) is 6.04 Å². The fourth-order valence-corrected chi connectivity index (χ4v) is 1.72. The molecular formula is C12H26N2O2. The Morgan fingerprint density at radius 3 is 2.12 bits per heavy atom. The quantitative estimate of drug-likeness (QED) is 0.727. The maximum absolute atomic E-state index is 11.4. The molecule has 0 spiro atoms. The van der Waals surface area contributed by atoms with Crippen LogP contribution in [0.2, 0.25) is 0 Å². The van der Waals surface area contributed by atoms with Gasteiger partial charge in [0.05, 0.1) is 0 Å². The first-order valence-corrected chi connectivity index (χ1v) is 6.04. The Bertz CT molecular complexity index is 194. The highest BCUT2D eigenvalue weighted by atomic mass is 16.6. The maximum Gasteiger partial charge on any atom is 0.407 e. The van der Waals surface area contributed by atoms with Crippen molar-refractivity contribution in [1.29, 1.82) is 0 Å². The molecule has 1 aliphatic rings. The number of carbonyl (C=O) groups excluding carboxylic acids is 1. The van der Waals surface area contributed by atoms with Gasteiger partial charge in [-0.2, -0.15) is 0 Å². The minimum Gasteiger partial charge on any atom is -0.444 e. The van der Waals surface area contributed by atoms with E-state index in [1.807, 2.05) is 20.8 Å². The van der Waals surface area contributed by atoms with E-state index >= 15 is 0 Å². The SMILES string of the molecule is CC(C)(C)OC(=O)NC1CCCCC1.CN. The van der Waals surface area contributed by atoms with E-state index in [0.29, 0.717) is 6.04 Å². The molecule has 1 amide bonds. The largest absolute Gasteiger partial charge is 0.444 e. The summed E-state index contributed by atoms with van der Waals surface area (Å²) in [5, 5.41) is 2.91. The van der Waals surface area contributed by atoms with Gasteiger partial charge in [-0.1, -0.05) is 19.3 Å². The Labute approximate surface area is 98.9 Å². The van der Waals surface area contributed by atoms with E-state index in [1.165, 1.54) is 26.3 Å². The summed E-state index contributed by atoms with van der Waals surface area (Å²) < 4.78 is 5.19. The van der Waals surface area contributed by atoms with Gasteiger partial charge in [0.2, 0.25) is 0 Å². The Balaban J connectivity index is 0.00000106. The van der Waals surface area contributed by atoms with Crippen molar-refractivity contribution in [2.24, 2.45) is 5.73 Å². The molecule has 0 aromatic carbocycles. The standard InChI is InChI=1S/C11H21NO2.CH5N/c1-11(2,3)14-10(13)12-9-7-5-4-6-8-9;1-2/h9H,4-8H2,1-3H3,(H,12,13);2H2,1H3. The van der Waals surface area contributed by atoms with E-state index in [2.05, 4.69) is 11.1 Å². The van der Waals surface area contributed by atoms with E-state index in [4.69, 9.17) is 4.74 Å². The van der Waals surface area contributed by atoms with Gasteiger partial charge in [-0.15, -0.1) is 0 Å². The van der Waals surface area contributed by atoms with Crippen LogP contribution in [0.3, 0.4) is 0 Å². The molecule has 0 atom stereocenters. The lowest BCUT2D eigenvalue weighted by Crippen LogP contribution is -2.39. The van der Waals surface area contributed by atoms with Gasteiger partial charge >= 0.3 is 6.09 Å². The second kappa shape index (κ2) is 7.49. The van der Waals surface area contributed by atoms with Crippen LogP contribution in [-0.2, 0) is 4.74 Å². The minimum atomic E-state index is -0.390. The summed E-state index contributed by atoms with van der Waals surface area (Å²) in [6, 6.07) is 0.332. The summed E-state index contributed by atoms with van der Waals surface area (Å²) in [4.78, 5) is 11.4. The number of nitrogens with two attached hydrogens (primary N) is 1. The number of rotatable bonds is 1. The van der Waals surface area contributed by atoms with Crippen LogP contribution < -0.4 is 11.1 Å². The van der Waals surface area contributed by atoms with Crippen molar-refractivity contribution < 1.29 is 9.53 Å². The lowest BCUT2D eigenvalue weighted by molar-refractivity contribution is 0.0493. The van der Waals surface area contributed by atoms with Gasteiger partial charge in [-0.25, -0.2) is 4.79 Å². The summed E-state index contributed by atoms with van der Waals surface area (Å²) in [7, 11) is 1.50. The molecule has 0 aliphatic heterocycles. The van der Waals surface area contributed by atoms with Crippen LogP contribution in [0.4, 0.5) is 4.79 Å². The van der Waals surface area contributed by atoms with Crippen LogP contribution in [0.15, 0.2) is 0 Å². The van der Waals surface area contributed by atoms with E-state index < -0.39 is 5.60 Å². The van der Waals surface area contributed by atoms with E-state index in [-0.39, 0.29) is 6.09 Å². The average molecular weight is 230 g/mol. The molecule has 0 radical (unpaired) electrons. The molecule has 0 unspecified atom stereocenters. The second-order valence-corrected chi connectivity index (χ2v) is 4.98. The molecule has 0 aromatic rings. The van der Waals surface area contributed by atoms with Crippen LogP contribution in [0.5, 0.6) is 0 Å². The van der Waals surface area contributed by atoms with Crippen LogP contribution >= 0.6 is 0 Å². The lowest BCUT2D eigenvalue weighted by atomic mass is 9.96. The molecule has 1 aliphatic carbocycles. The third-order valence-electron chi connectivity index (χ3n) is 2.33. The van der Waals surface area contributed by atoms with Crippen molar-refractivity contribution in [3.05, 3.63) is 0 Å². The fraction of sp³-hybridized carbons (Fsp3) is 0.917. The maximum atomic E-state index is 11.4. The van der Waals surface area contributed by atoms with Gasteiger partial charge in [-0.05, 0) is 40.7 Å². The molecule has 1 rings (SSSR count). The molecule has 4 nitrogen and oxygen atoms in total. The molecule has 0 heterocycles. The first-order valence-electron chi connectivity index (χ1n) is 6.04. The molecule has 16 heavy (non-hydrogen) atoms. The molecule has 96 valence electrons. The van der Waals surface area contributed by atoms with Gasteiger partial charge in [0.15, 0.2) is 0 Å². The summed E-state index contributed by atoms with van der Waals surface area (Å²) in [6.07, 6.45) is 5.66. The number of alkyl carbamates (subject to hydrolysis) is 1. The monoisotopic (exact) mass is 230 g/mol. The lowest BCUT2D eigenvalue weighted by Gasteiger charge is -2.25. The normalized spacial score (nSPS) is 17.1. The molecule has 0 aromatic heterocycles. The number of amides is 1. The molecule has 0 saturated heterocycles. The summed E-state index contributed by atoms with van der Waals surface area (Å²) in [5.74, 6) is 0. The molecule has 1 saturated carbocycles. The highest BCUT2D eigenvalue weighted by Crippen LogP contribution is 2.18. The average Bonchev–Trinajstić information content (AvgIpc) is 2.19. The first-order chi connectivity index (χ1) is 7.47. The summed E-state index contributed by atoms with van der Waals surface area (Å²) in [5.41, 5.74) is 4.11. The van der Waals surface area contributed by atoms with Crippen LogP contribution in [0.1, 0.15) is 52.9 Å². The van der Waals surface area contributed by atoms with Crippen molar-refractivity contribution >= 4 is 6.09 Å². The van der Waals surface area contributed by atoms with Gasteiger partial charge in [0.25, 0.3) is 0 Å². The molecule has 1 fully saturated rings. The smallest absolute Gasteiger partial charge is 0.407 e. The van der Waals surface area contributed by atoms with Crippen LogP contribution in [0, 0.1) is 0 Å². The molecule has 3 N–H and O–H groups in total. The topological polar surface area (TPSA) is 64.3 Å². The summed E-state index contributed by atoms with van der Waals surface area (Å²) in [6.45, 7) is 5.65. The number of hydrogen-bond acceptors (Lipinski definition) is 3. The predicted molar refractivity (Wildman–Crippen MR) is 66.4 cm³/mol. The van der Waals surface area contributed by atoms with Gasteiger partial charge < -0.3 is 15.8 Å². The molecule has 0 bridgehead atoms. The highest BCUT2D eigenvalue weighted by molar-refractivity contribution is 5.68. The summed E-state index contributed by atoms with van der Waals surface area (Å²) >= 11 is 0. The second-order valence-electron chi connectivity index (χ2n) is 4.98. The fourth-order valence-electron chi connectivity index (χ4n) is 1.72. The molecule has 4 heteroatoms. The highest BCUT2D eigenvalue weighted by Gasteiger charge is 2.20. The zero-order chi connectivity index (χ0) is 12.6. The van der Waals surface area contributed by atoms with Crippen LogP contribution in [0.25, 0.3) is 0 Å². The third-order valence-corrected chi connectivity index (χ3v) is 2.33. The van der Waals surface area contributed by atoms with E-state index in [1.54, 1.807) is 0 Å². The van der Waals surface area contributed by atoms with Crippen molar-refractivity contribution in [2.75, 3.05) is 7.05 Å². The van der Waals surface area contributed by atoms with E-state index in [9.17, 15) is 4.79 Å². The zero-order valence-electron chi connectivity index (χ0n) is 11.0.